The van der Waals surface area contributed by atoms with Gasteiger partial charge >= 0.3 is 6.09 Å². The third kappa shape index (κ3) is 1.13. The van der Waals surface area contributed by atoms with Crippen molar-refractivity contribution in [2.75, 3.05) is 20.2 Å². The van der Waals surface area contributed by atoms with Crippen LogP contribution in [0.25, 0.3) is 0 Å². The fourth-order valence-corrected chi connectivity index (χ4v) is 0.791. The lowest BCUT2D eigenvalue weighted by molar-refractivity contribution is 0.0892. The number of carbonyl (C=O) groups excluding carboxylic acids is 1. The van der Waals surface area contributed by atoms with Gasteiger partial charge in [-0.25, -0.2) is 4.79 Å². The van der Waals surface area contributed by atoms with Gasteiger partial charge in [0.25, 0.3) is 0 Å². The normalized spacial score (nSPS) is 19.1. The highest BCUT2D eigenvalue weighted by atomic mass is 16.5. The predicted molar refractivity (Wildman–Crippen MR) is 32.0 cm³/mol. The summed E-state index contributed by atoms with van der Waals surface area (Å²) >= 11 is 0. The molecule has 0 aromatic carbocycles. The summed E-state index contributed by atoms with van der Waals surface area (Å²) in [5.41, 5.74) is 5.41. The van der Waals surface area contributed by atoms with Crippen molar-refractivity contribution in [3.05, 3.63) is 0 Å². The zero-order chi connectivity index (χ0) is 6.85. The van der Waals surface area contributed by atoms with E-state index in [1.807, 2.05) is 0 Å². The zero-order valence-electron chi connectivity index (χ0n) is 5.33. The van der Waals surface area contributed by atoms with Crippen LogP contribution in [0, 0.1) is 0 Å². The Bertz CT molecular complexity index is 120. The quantitative estimate of drug-likeness (QED) is 0.476. The lowest BCUT2D eigenvalue weighted by Crippen LogP contribution is -2.57. The van der Waals surface area contributed by atoms with Gasteiger partial charge in [-0.15, -0.1) is 0 Å². The van der Waals surface area contributed by atoms with Crippen LogP contribution in [0.5, 0.6) is 0 Å². The third-order valence-electron chi connectivity index (χ3n) is 1.34. The number of nitrogens with two attached hydrogens (primary N) is 1. The lowest BCUT2D eigenvalue weighted by atomic mass is 10.1. The van der Waals surface area contributed by atoms with Gasteiger partial charge in [-0.3, -0.25) is 0 Å². The molecule has 0 radical (unpaired) electrons. The smallest absolute Gasteiger partial charge is 0.409 e. The van der Waals surface area contributed by atoms with Crippen molar-refractivity contribution in [3.8, 4) is 0 Å². The molecule has 1 aliphatic rings. The first kappa shape index (κ1) is 6.35. The highest BCUT2D eigenvalue weighted by Crippen LogP contribution is 2.05. The van der Waals surface area contributed by atoms with Crippen molar-refractivity contribution < 1.29 is 9.53 Å². The first-order valence-electron chi connectivity index (χ1n) is 2.82. The Hall–Kier alpha value is -0.770. The van der Waals surface area contributed by atoms with E-state index in [0.717, 1.165) is 0 Å². The molecule has 0 bridgehead atoms. The summed E-state index contributed by atoms with van der Waals surface area (Å²) in [4.78, 5) is 12.1. The number of amides is 1. The predicted octanol–water partition coefficient (Wildman–Crippen LogP) is -0.604. The number of carbonyl (C=O) groups is 1. The second-order valence-corrected chi connectivity index (χ2v) is 2.14. The Morgan fingerprint density at radius 3 is 2.67 bits per heavy atom. The maximum atomic E-state index is 10.6. The molecule has 0 aromatic heterocycles. The average molecular weight is 130 g/mol. The highest BCUT2D eigenvalue weighted by molar-refractivity contribution is 5.68. The van der Waals surface area contributed by atoms with Crippen molar-refractivity contribution in [2.45, 2.75) is 6.04 Å². The number of hydrogen-bond acceptors (Lipinski definition) is 3. The Balaban J connectivity index is 2.23. The zero-order valence-corrected chi connectivity index (χ0v) is 5.33. The summed E-state index contributed by atoms with van der Waals surface area (Å²) in [6.07, 6.45) is -0.281. The van der Waals surface area contributed by atoms with Crippen LogP contribution in [0.4, 0.5) is 4.79 Å². The van der Waals surface area contributed by atoms with Gasteiger partial charge in [0.1, 0.15) is 0 Å². The molecule has 9 heavy (non-hydrogen) atoms. The lowest BCUT2D eigenvalue weighted by Gasteiger charge is -2.35. The maximum absolute atomic E-state index is 10.6. The fourth-order valence-electron chi connectivity index (χ4n) is 0.791. The van der Waals surface area contributed by atoms with E-state index in [1.54, 1.807) is 4.90 Å². The molecular formula is C5H10N2O2. The van der Waals surface area contributed by atoms with Crippen molar-refractivity contribution >= 4 is 6.09 Å². The average Bonchev–Trinajstić information content (AvgIpc) is 1.79. The van der Waals surface area contributed by atoms with Gasteiger partial charge < -0.3 is 15.4 Å². The molecule has 0 saturated carbocycles. The van der Waals surface area contributed by atoms with Crippen LogP contribution in [-0.2, 0) is 4.74 Å². The van der Waals surface area contributed by atoms with Crippen LogP contribution in [-0.4, -0.2) is 37.2 Å². The molecule has 0 spiro atoms. The van der Waals surface area contributed by atoms with E-state index < -0.39 is 0 Å². The molecule has 0 aliphatic carbocycles. The van der Waals surface area contributed by atoms with E-state index in [1.165, 1.54) is 7.11 Å². The highest BCUT2D eigenvalue weighted by Gasteiger charge is 2.27. The summed E-state index contributed by atoms with van der Waals surface area (Å²) in [7, 11) is 1.37. The molecule has 1 amide bonds. The summed E-state index contributed by atoms with van der Waals surface area (Å²) in [6, 6.07) is 0.157. The largest absolute Gasteiger partial charge is 0.453 e. The van der Waals surface area contributed by atoms with E-state index in [0.29, 0.717) is 13.1 Å². The molecule has 0 atom stereocenters. The number of hydrogen-bond donors (Lipinski definition) is 1. The summed E-state index contributed by atoms with van der Waals surface area (Å²) in [6.45, 7) is 1.26. The topological polar surface area (TPSA) is 55.6 Å². The molecule has 1 fully saturated rings. The molecule has 0 aromatic rings. The maximum Gasteiger partial charge on any atom is 0.409 e. The number of nitrogens with zero attached hydrogens (tertiary/aromatic N) is 1. The van der Waals surface area contributed by atoms with Crippen LogP contribution >= 0.6 is 0 Å². The monoisotopic (exact) mass is 130 g/mol. The molecule has 0 unspecified atom stereocenters. The summed E-state index contributed by atoms with van der Waals surface area (Å²) in [5, 5.41) is 0. The van der Waals surface area contributed by atoms with Gasteiger partial charge in [-0.1, -0.05) is 0 Å². The fraction of sp³-hybridized carbons (Fsp3) is 0.800. The molecule has 4 heteroatoms. The minimum atomic E-state index is -0.281. The van der Waals surface area contributed by atoms with Crippen molar-refractivity contribution in [1.29, 1.82) is 0 Å². The Morgan fingerprint density at radius 1 is 1.78 bits per heavy atom. The molecule has 1 heterocycles. The van der Waals surface area contributed by atoms with E-state index in [9.17, 15) is 4.79 Å². The van der Waals surface area contributed by atoms with Crippen LogP contribution in [0.1, 0.15) is 0 Å². The minimum Gasteiger partial charge on any atom is -0.453 e. The Morgan fingerprint density at radius 2 is 2.33 bits per heavy atom. The molecule has 1 aliphatic heterocycles. The van der Waals surface area contributed by atoms with Gasteiger partial charge in [-0.2, -0.15) is 0 Å². The van der Waals surface area contributed by atoms with Crippen LogP contribution in [0.3, 0.4) is 0 Å². The Kier molecular flexibility index (Phi) is 1.57. The third-order valence-corrected chi connectivity index (χ3v) is 1.34. The van der Waals surface area contributed by atoms with Gasteiger partial charge in [0, 0.05) is 19.1 Å². The number of ether oxygens (including phenoxy) is 1. The van der Waals surface area contributed by atoms with E-state index >= 15 is 0 Å². The van der Waals surface area contributed by atoms with Crippen LogP contribution in [0.2, 0.25) is 0 Å². The standard InChI is InChI=1S/C5H10N2O2/c1-9-5(8)7-2-4(6)3-7/h4H,2-3,6H2,1H3. The molecule has 1 rings (SSSR count). The van der Waals surface area contributed by atoms with Gasteiger partial charge in [0.15, 0.2) is 0 Å². The molecular weight excluding hydrogens is 120 g/mol. The van der Waals surface area contributed by atoms with Gasteiger partial charge in [0.05, 0.1) is 7.11 Å². The minimum absolute atomic E-state index is 0.157. The van der Waals surface area contributed by atoms with Crippen LogP contribution < -0.4 is 5.73 Å². The number of rotatable bonds is 0. The number of likely N-dealkylation sites (tertiary alicyclic amines) is 1. The van der Waals surface area contributed by atoms with Crippen LogP contribution in [0.15, 0.2) is 0 Å². The Labute approximate surface area is 53.6 Å². The van der Waals surface area contributed by atoms with Crippen molar-refractivity contribution in [3.63, 3.8) is 0 Å². The SMILES string of the molecule is COC(=O)N1CC(N)C1. The molecule has 1 saturated heterocycles. The van der Waals surface area contributed by atoms with Gasteiger partial charge in [-0.05, 0) is 0 Å². The second kappa shape index (κ2) is 2.23. The summed E-state index contributed by atoms with van der Waals surface area (Å²) < 4.78 is 4.43. The summed E-state index contributed by atoms with van der Waals surface area (Å²) in [5.74, 6) is 0. The van der Waals surface area contributed by atoms with Crippen molar-refractivity contribution in [1.82, 2.24) is 4.90 Å². The van der Waals surface area contributed by atoms with Crippen molar-refractivity contribution in [2.24, 2.45) is 5.73 Å². The second-order valence-electron chi connectivity index (χ2n) is 2.14. The molecule has 4 nitrogen and oxygen atoms in total. The molecule has 52 valence electrons. The first-order chi connectivity index (χ1) is 4.24. The van der Waals surface area contributed by atoms with Gasteiger partial charge in [0.2, 0.25) is 0 Å². The number of methoxy groups -OCH3 is 1. The van der Waals surface area contributed by atoms with E-state index in [2.05, 4.69) is 4.74 Å². The van der Waals surface area contributed by atoms with E-state index in [4.69, 9.17) is 5.73 Å². The molecule has 2 N–H and O–H groups in total. The first-order valence-corrected chi connectivity index (χ1v) is 2.82. The van der Waals surface area contributed by atoms with E-state index in [-0.39, 0.29) is 12.1 Å².